The molecule has 1 atom stereocenters. The van der Waals surface area contributed by atoms with E-state index in [1.54, 1.807) is 49.4 Å². The molecule has 0 aliphatic rings. The molecule has 0 unspecified atom stereocenters. The fourth-order valence-electron chi connectivity index (χ4n) is 2.61. The summed E-state index contributed by atoms with van der Waals surface area (Å²) in [5.41, 5.74) is 3.53. The number of amides is 1. The normalized spacial score (nSPS) is 12.9. The van der Waals surface area contributed by atoms with Crippen LogP contribution in [0.25, 0.3) is 0 Å². The van der Waals surface area contributed by atoms with Gasteiger partial charge in [0.1, 0.15) is 17.5 Å². The van der Waals surface area contributed by atoms with Gasteiger partial charge < -0.3 is 9.84 Å². The molecule has 0 aromatic heterocycles. The molecule has 0 heterocycles. The summed E-state index contributed by atoms with van der Waals surface area (Å²) in [6.07, 6.45) is 1.03. The van der Waals surface area contributed by atoms with E-state index < -0.39 is 22.0 Å². The number of nitrogens with one attached hydrogen (secondary N) is 1. The summed E-state index contributed by atoms with van der Waals surface area (Å²) in [7, 11) is -2.23. The van der Waals surface area contributed by atoms with Gasteiger partial charge >= 0.3 is 0 Å². The maximum Gasteiger partial charge on any atom is 0.263 e. The van der Waals surface area contributed by atoms with Gasteiger partial charge in [-0.3, -0.25) is 9.10 Å². The Labute approximate surface area is 164 Å². The number of nitrogens with zero attached hydrogens (tertiary/aromatic N) is 2. The number of carbonyl (C=O) groups excluding carboxylic acids is 1. The number of methoxy groups -OCH3 is 1. The van der Waals surface area contributed by atoms with E-state index in [9.17, 15) is 18.3 Å². The highest BCUT2D eigenvalue weighted by Gasteiger charge is 2.29. The van der Waals surface area contributed by atoms with Crippen molar-refractivity contribution in [1.82, 2.24) is 5.43 Å². The predicted molar refractivity (Wildman–Crippen MR) is 108 cm³/mol. The molecule has 0 saturated carbocycles. The highest BCUT2D eigenvalue weighted by atomic mass is 32.2. The zero-order chi connectivity index (χ0) is 20.9. The minimum atomic E-state index is -3.74. The van der Waals surface area contributed by atoms with Crippen LogP contribution >= 0.6 is 0 Å². The van der Waals surface area contributed by atoms with Crippen LogP contribution in [0, 0.1) is 0 Å². The van der Waals surface area contributed by atoms with E-state index in [1.165, 1.54) is 20.1 Å². The highest BCUT2D eigenvalue weighted by molar-refractivity contribution is 7.92. The molecular formula is C19H23N3O5S. The Morgan fingerprint density at radius 3 is 2.32 bits per heavy atom. The van der Waals surface area contributed by atoms with Gasteiger partial charge in [-0.25, -0.2) is 13.8 Å². The first-order valence-corrected chi connectivity index (χ1v) is 10.3. The number of para-hydroxylation sites is 1. The number of benzene rings is 2. The summed E-state index contributed by atoms with van der Waals surface area (Å²) in [5, 5.41) is 13.8. The molecule has 1 amide bonds. The van der Waals surface area contributed by atoms with E-state index in [-0.39, 0.29) is 5.75 Å². The number of phenols is 1. The predicted octanol–water partition coefficient (Wildman–Crippen LogP) is 2.10. The maximum absolute atomic E-state index is 12.5. The molecule has 0 radical (unpaired) electrons. The van der Waals surface area contributed by atoms with Crippen LogP contribution in [-0.2, 0) is 14.8 Å². The fourth-order valence-corrected chi connectivity index (χ4v) is 3.78. The summed E-state index contributed by atoms with van der Waals surface area (Å²) in [5.74, 6) is -0.0183. The van der Waals surface area contributed by atoms with Crippen LogP contribution in [0.15, 0.2) is 53.6 Å². The second kappa shape index (κ2) is 8.75. The van der Waals surface area contributed by atoms with Gasteiger partial charge in [-0.15, -0.1) is 0 Å². The first-order chi connectivity index (χ1) is 13.1. The molecule has 9 heteroatoms. The molecule has 2 rings (SSSR count). The van der Waals surface area contributed by atoms with Gasteiger partial charge in [-0.05, 0) is 50.2 Å². The molecule has 0 spiro atoms. The lowest BCUT2D eigenvalue weighted by Crippen LogP contribution is -2.46. The van der Waals surface area contributed by atoms with Crippen molar-refractivity contribution in [3.8, 4) is 11.5 Å². The third-order valence-electron chi connectivity index (χ3n) is 4.04. The van der Waals surface area contributed by atoms with Gasteiger partial charge in [-0.2, -0.15) is 5.10 Å². The SMILES string of the molecule is COc1ccc(N([C@@H](C)C(=O)N/N=C(\C)c2ccccc2O)S(C)(=O)=O)cc1. The smallest absolute Gasteiger partial charge is 0.263 e. The molecule has 0 aliphatic carbocycles. The molecule has 28 heavy (non-hydrogen) atoms. The summed E-state index contributed by atoms with van der Waals surface area (Å²) in [6, 6.07) is 11.8. The van der Waals surface area contributed by atoms with Crippen LogP contribution in [0.2, 0.25) is 0 Å². The highest BCUT2D eigenvalue weighted by Crippen LogP contribution is 2.24. The average Bonchev–Trinajstić information content (AvgIpc) is 2.65. The average molecular weight is 405 g/mol. The number of carbonyl (C=O) groups is 1. The monoisotopic (exact) mass is 405 g/mol. The minimum Gasteiger partial charge on any atom is -0.507 e. The second-order valence-electron chi connectivity index (χ2n) is 6.12. The van der Waals surface area contributed by atoms with Crippen molar-refractivity contribution in [3.63, 3.8) is 0 Å². The Kier molecular flexibility index (Phi) is 6.63. The number of hydrazone groups is 1. The van der Waals surface area contributed by atoms with Gasteiger partial charge in [0, 0.05) is 5.56 Å². The van der Waals surface area contributed by atoms with Crippen LogP contribution in [-0.4, -0.2) is 44.6 Å². The Morgan fingerprint density at radius 2 is 1.79 bits per heavy atom. The van der Waals surface area contributed by atoms with E-state index in [0.717, 1.165) is 10.6 Å². The number of rotatable bonds is 7. The molecule has 2 aromatic rings. The van der Waals surface area contributed by atoms with Crippen molar-refractivity contribution >= 4 is 27.3 Å². The number of anilines is 1. The van der Waals surface area contributed by atoms with Gasteiger partial charge in [-0.1, -0.05) is 12.1 Å². The molecule has 2 aromatic carbocycles. The van der Waals surface area contributed by atoms with Crippen molar-refractivity contribution in [3.05, 3.63) is 54.1 Å². The quantitative estimate of drug-likeness (QED) is 0.542. The van der Waals surface area contributed by atoms with E-state index in [2.05, 4.69) is 10.5 Å². The fraction of sp³-hybridized carbons (Fsp3) is 0.263. The van der Waals surface area contributed by atoms with E-state index in [0.29, 0.717) is 22.7 Å². The largest absolute Gasteiger partial charge is 0.507 e. The second-order valence-corrected chi connectivity index (χ2v) is 7.98. The molecule has 2 N–H and O–H groups in total. The Hall–Kier alpha value is -3.07. The number of sulfonamides is 1. The lowest BCUT2D eigenvalue weighted by atomic mass is 10.1. The van der Waals surface area contributed by atoms with E-state index in [1.807, 2.05) is 0 Å². The molecule has 0 saturated heterocycles. The third kappa shape index (κ3) is 5.01. The van der Waals surface area contributed by atoms with Crippen LogP contribution in [0.1, 0.15) is 19.4 Å². The molecule has 8 nitrogen and oxygen atoms in total. The van der Waals surface area contributed by atoms with Gasteiger partial charge in [0.05, 0.1) is 24.8 Å². The Balaban J connectivity index is 2.24. The summed E-state index contributed by atoms with van der Waals surface area (Å²) < 4.78 is 30.6. The van der Waals surface area contributed by atoms with Gasteiger partial charge in [0.25, 0.3) is 5.91 Å². The standard InChI is InChI=1S/C19H23N3O5S/c1-13(17-7-5-6-8-18(17)23)20-21-19(24)14(2)22(28(4,25)26)15-9-11-16(27-3)12-10-15/h5-12,14,23H,1-4H3,(H,21,24)/b20-13+/t14-/m0/s1. The van der Waals surface area contributed by atoms with Gasteiger partial charge in [0.15, 0.2) is 0 Å². The zero-order valence-electron chi connectivity index (χ0n) is 16.1. The van der Waals surface area contributed by atoms with Crippen molar-refractivity contribution in [2.24, 2.45) is 5.10 Å². The lowest BCUT2D eigenvalue weighted by molar-refractivity contribution is -0.121. The number of hydrogen-bond donors (Lipinski definition) is 2. The molecule has 150 valence electrons. The van der Waals surface area contributed by atoms with Crippen molar-refractivity contribution < 1.29 is 23.1 Å². The van der Waals surface area contributed by atoms with Crippen LogP contribution in [0.3, 0.4) is 0 Å². The molecule has 0 bridgehead atoms. The Morgan fingerprint density at radius 1 is 1.18 bits per heavy atom. The van der Waals surface area contributed by atoms with Gasteiger partial charge in [0.2, 0.25) is 10.0 Å². The summed E-state index contributed by atoms with van der Waals surface area (Å²) in [6.45, 7) is 3.09. The van der Waals surface area contributed by atoms with E-state index in [4.69, 9.17) is 4.74 Å². The van der Waals surface area contributed by atoms with E-state index >= 15 is 0 Å². The number of aromatic hydroxyl groups is 1. The molecule has 0 fully saturated rings. The maximum atomic E-state index is 12.5. The molecule has 0 aliphatic heterocycles. The summed E-state index contributed by atoms with van der Waals surface area (Å²) in [4.78, 5) is 12.5. The summed E-state index contributed by atoms with van der Waals surface area (Å²) >= 11 is 0. The van der Waals surface area contributed by atoms with Crippen molar-refractivity contribution in [2.75, 3.05) is 17.7 Å². The molecular weight excluding hydrogens is 382 g/mol. The van der Waals surface area contributed by atoms with Crippen molar-refractivity contribution in [1.29, 1.82) is 0 Å². The number of ether oxygens (including phenoxy) is 1. The number of phenolic OH excluding ortho intramolecular Hbond substituents is 1. The van der Waals surface area contributed by atoms with Crippen LogP contribution < -0.4 is 14.5 Å². The first kappa shape index (κ1) is 21.2. The topological polar surface area (TPSA) is 108 Å². The zero-order valence-corrected chi connectivity index (χ0v) is 16.9. The number of hydrogen-bond acceptors (Lipinski definition) is 6. The first-order valence-electron chi connectivity index (χ1n) is 8.41. The third-order valence-corrected chi connectivity index (χ3v) is 5.28. The minimum absolute atomic E-state index is 0.0297. The lowest BCUT2D eigenvalue weighted by Gasteiger charge is -2.27. The van der Waals surface area contributed by atoms with Crippen molar-refractivity contribution in [2.45, 2.75) is 19.9 Å². The Bertz CT molecular complexity index is 971. The van der Waals surface area contributed by atoms with Crippen LogP contribution in [0.5, 0.6) is 11.5 Å². The van der Waals surface area contributed by atoms with Crippen LogP contribution in [0.4, 0.5) is 5.69 Å².